The number of hydrogen-bond acceptors (Lipinski definition) is 3. The highest BCUT2D eigenvalue weighted by atomic mass is 127. The number of hydrogen-bond donors (Lipinski definition) is 3. The van der Waals surface area contributed by atoms with Crippen molar-refractivity contribution in [3.63, 3.8) is 0 Å². The number of guanidine groups is 1. The van der Waals surface area contributed by atoms with Crippen molar-refractivity contribution in [1.82, 2.24) is 16.0 Å². The Labute approximate surface area is 199 Å². The van der Waals surface area contributed by atoms with Crippen LogP contribution in [-0.2, 0) is 16.8 Å². The van der Waals surface area contributed by atoms with Gasteiger partial charge in [0.15, 0.2) is 5.96 Å². The average molecular weight is 537 g/mol. The normalized spacial score (nSPS) is 17.4. The molecule has 0 bridgehead atoms. The summed E-state index contributed by atoms with van der Waals surface area (Å²) in [5.74, 6) is 0.631. The Morgan fingerprint density at radius 3 is 2.55 bits per heavy atom. The SMILES string of the molecule is CN=C(NCc1ccc(N2CCNC(=O)C2)cc1)NCC1(c2ccccc2F)CC1.I. The summed E-state index contributed by atoms with van der Waals surface area (Å²) in [6.45, 7) is 3.19. The largest absolute Gasteiger partial charge is 0.360 e. The van der Waals surface area contributed by atoms with E-state index < -0.39 is 0 Å². The van der Waals surface area contributed by atoms with Gasteiger partial charge in [0, 0.05) is 44.3 Å². The van der Waals surface area contributed by atoms with Crippen molar-refractivity contribution in [2.24, 2.45) is 4.99 Å². The van der Waals surface area contributed by atoms with Crippen molar-refractivity contribution in [1.29, 1.82) is 0 Å². The lowest BCUT2D eigenvalue weighted by atomic mass is 9.95. The van der Waals surface area contributed by atoms with Gasteiger partial charge in [-0.3, -0.25) is 9.79 Å². The second-order valence-electron chi connectivity index (χ2n) is 7.98. The molecule has 0 spiro atoms. The molecule has 0 aromatic heterocycles. The number of amides is 1. The third-order valence-corrected chi connectivity index (χ3v) is 5.92. The van der Waals surface area contributed by atoms with Crippen LogP contribution < -0.4 is 20.9 Å². The summed E-state index contributed by atoms with van der Waals surface area (Å²) in [6.07, 6.45) is 1.96. The number of carbonyl (C=O) groups is 1. The molecule has 1 amide bonds. The highest BCUT2D eigenvalue weighted by Gasteiger charge is 2.45. The minimum Gasteiger partial charge on any atom is -0.360 e. The number of carbonyl (C=O) groups excluding carboxylic acids is 1. The number of aliphatic imine (C=N–C) groups is 1. The van der Waals surface area contributed by atoms with E-state index in [4.69, 9.17) is 0 Å². The van der Waals surface area contributed by atoms with Gasteiger partial charge in [0.25, 0.3) is 0 Å². The van der Waals surface area contributed by atoms with E-state index >= 15 is 0 Å². The number of rotatable bonds is 6. The second kappa shape index (κ2) is 10.3. The summed E-state index contributed by atoms with van der Waals surface area (Å²) in [7, 11) is 1.74. The molecule has 2 fully saturated rings. The molecular formula is C23H29FIN5O. The Hall–Kier alpha value is -2.36. The Kier molecular flexibility index (Phi) is 7.74. The predicted octanol–water partition coefficient (Wildman–Crippen LogP) is 2.78. The van der Waals surface area contributed by atoms with E-state index in [2.05, 4.69) is 38.0 Å². The van der Waals surface area contributed by atoms with Crippen molar-refractivity contribution >= 4 is 41.5 Å². The lowest BCUT2D eigenvalue weighted by Crippen LogP contribution is -2.47. The van der Waals surface area contributed by atoms with E-state index in [1.54, 1.807) is 13.1 Å². The van der Waals surface area contributed by atoms with Gasteiger partial charge in [0.2, 0.25) is 5.91 Å². The fraction of sp³-hybridized carbons (Fsp3) is 0.391. The molecule has 1 saturated carbocycles. The van der Waals surface area contributed by atoms with Crippen molar-refractivity contribution in [3.05, 3.63) is 65.5 Å². The number of halogens is 2. The zero-order valence-electron chi connectivity index (χ0n) is 17.7. The topological polar surface area (TPSA) is 68.8 Å². The Morgan fingerprint density at radius 1 is 1.16 bits per heavy atom. The quantitative estimate of drug-likeness (QED) is 0.301. The second-order valence-corrected chi connectivity index (χ2v) is 7.98. The molecule has 8 heteroatoms. The molecule has 2 aromatic carbocycles. The van der Waals surface area contributed by atoms with E-state index in [0.29, 0.717) is 32.1 Å². The number of piperazine rings is 1. The number of nitrogens with zero attached hydrogens (tertiary/aromatic N) is 2. The molecule has 1 heterocycles. The molecule has 1 aliphatic heterocycles. The maximum absolute atomic E-state index is 14.2. The van der Waals surface area contributed by atoms with Gasteiger partial charge in [-0.2, -0.15) is 0 Å². The third-order valence-electron chi connectivity index (χ3n) is 5.92. The Balaban J connectivity index is 0.00000272. The fourth-order valence-electron chi connectivity index (χ4n) is 3.93. The summed E-state index contributed by atoms with van der Waals surface area (Å²) in [4.78, 5) is 17.9. The summed E-state index contributed by atoms with van der Waals surface area (Å²) >= 11 is 0. The lowest BCUT2D eigenvalue weighted by Gasteiger charge is -2.28. The van der Waals surface area contributed by atoms with Gasteiger partial charge in [-0.05, 0) is 42.2 Å². The van der Waals surface area contributed by atoms with Gasteiger partial charge < -0.3 is 20.9 Å². The van der Waals surface area contributed by atoms with E-state index in [0.717, 1.165) is 36.2 Å². The van der Waals surface area contributed by atoms with Gasteiger partial charge in [0.05, 0.1) is 6.54 Å². The molecule has 1 saturated heterocycles. The molecule has 3 N–H and O–H groups in total. The third kappa shape index (κ3) is 5.66. The molecule has 0 atom stereocenters. The first-order valence-electron chi connectivity index (χ1n) is 10.4. The van der Waals surface area contributed by atoms with Crippen LogP contribution in [0, 0.1) is 5.82 Å². The minimum absolute atomic E-state index is 0. The van der Waals surface area contributed by atoms with Crippen LogP contribution in [0.5, 0.6) is 0 Å². The molecule has 166 valence electrons. The summed E-state index contributed by atoms with van der Waals surface area (Å²) in [5.41, 5.74) is 2.83. The van der Waals surface area contributed by atoms with Gasteiger partial charge in [-0.1, -0.05) is 30.3 Å². The van der Waals surface area contributed by atoms with Gasteiger partial charge >= 0.3 is 0 Å². The molecule has 2 aromatic rings. The van der Waals surface area contributed by atoms with Gasteiger partial charge in [-0.25, -0.2) is 4.39 Å². The first kappa shape index (κ1) is 23.3. The maximum Gasteiger partial charge on any atom is 0.239 e. The summed E-state index contributed by atoms with van der Waals surface area (Å²) in [6, 6.07) is 15.2. The van der Waals surface area contributed by atoms with E-state index in [1.807, 2.05) is 24.3 Å². The highest BCUT2D eigenvalue weighted by molar-refractivity contribution is 14.0. The van der Waals surface area contributed by atoms with E-state index in [1.165, 1.54) is 6.07 Å². The summed E-state index contributed by atoms with van der Waals surface area (Å²) < 4.78 is 14.2. The Bertz CT molecular complexity index is 930. The molecule has 31 heavy (non-hydrogen) atoms. The standard InChI is InChI=1S/C23H28FN5O.HI/c1-25-22(28-16-23(10-11-23)19-4-2-3-5-20(19)24)27-14-17-6-8-18(9-7-17)29-13-12-26-21(30)15-29;/h2-9H,10-16H2,1H3,(H,26,30)(H2,25,27,28);1H. The van der Waals surface area contributed by atoms with Crippen molar-refractivity contribution in [2.45, 2.75) is 24.8 Å². The van der Waals surface area contributed by atoms with Gasteiger partial charge in [0.1, 0.15) is 5.82 Å². The van der Waals surface area contributed by atoms with E-state index in [9.17, 15) is 9.18 Å². The van der Waals surface area contributed by atoms with Crippen LogP contribution in [0.3, 0.4) is 0 Å². The van der Waals surface area contributed by atoms with Crippen LogP contribution in [0.1, 0.15) is 24.0 Å². The Morgan fingerprint density at radius 2 is 1.90 bits per heavy atom. The van der Waals surface area contributed by atoms with Crippen LogP contribution in [0.2, 0.25) is 0 Å². The highest BCUT2D eigenvalue weighted by Crippen LogP contribution is 2.48. The number of benzene rings is 2. The van der Waals surface area contributed by atoms with Crippen LogP contribution >= 0.6 is 24.0 Å². The molecule has 0 radical (unpaired) electrons. The molecule has 0 unspecified atom stereocenters. The molecule has 2 aliphatic rings. The van der Waals surface area contributed by atoms with Crippen molar-refractivity contribution in [3.8, 4) is 0 Å². The zero-order valence-corrected chi connectivity index (χ0v) is 20.0. The smallest absolute Gasteiger partial charge is 0.239 e. The van der Waals surface area contributed by atoms with Crippen LogP contribution in [0.25, 0.3) is 0 Å². The van der Waals surface area contributed by atoms with Crippen LogP contribution in [0.15, 0.2) is 53.5 Å². The van der Waals surface area contributed by atoms with Crippen molar-refractivity contribution in [2.75, 3.05) is 38.1 Å². The first-order valence-corrected chi connectivity index (χ1v) is 10.4. The first-order chi connectivity index (χ1) is 14.6. The lowest BCUT2D eigenvalue weighted by molar-refractivity contribution is -0.120. The number of anilines is 1. The zero-order chi connectivity index (χ0) is 21.0. The van der Waals surface area contributed by atoms with E-state index in [-0.39, 0.29) is 41.1 Å². The van der Waals surface area contributed by atoms with Crippen LogP contribution in [-0.4, -0.2) is 45.1 Å². The average Bonchev–Trinajstić information content (AvgIpc) is 3.55. The number of nitrogens with one attached hydrogen (secondary N) is 3. The molecule has 4 rings (SSSR count). The molecule has 6 nitrogen and oxygen atoms in total. The van der Waals surface area contributed by atoms with Gasteiger partial charge in [-0.15, -0.1) is 24.0 Å². The van der Waals surface area contributed by atoms with Crippen molar-refractivity contribution < 1.29 is 9.18 Å². The van der Waals surface area contributed by atoms with Crippen LogP contribution in [0.4, 0.5) is 10.1 Å². The fourth-order valence-corrected chi connectivity index (χ4v) is 3.93. The minimum atomic E-state index is -0.134. The predicted molar refractivity (Wildman–Crippen MR) is 133 cm³/mol. The maximum atomic E-state index is 14.2. The monoisotopic (exact) mass is 537 g/mol. The summed E-state index contributed by atoms with van der Waals surface area (Å²) in [5, 5.41) is 9.52. The molecular weight excluding hydrogens is 508 g/mol. The molecule has 1 aliphatic carbocycles.